The first kappa shape index (κ1) is 47.8. The molecule has 2 aliphatic rings. The highest BCUT2D eigenvalue weighted by molar-refractivity contribution is 6.31. The van der Waals surface area contributed by atoms with Crippen LogP contribution in [0.15, 0.2) is 116 Å². The second kappa shape index (κ2) is 22.3. The zero-order valence-electron chi connectivity index (χ0n) is 37.9. The van der Waals surface area contributed by atoms with Gasteiger partial charge in [-0.05, 0) is 91.0 Å². The van der Waals surface area contributed by atoms with Crippen LogP contribution in [0.2, 0.25) is 5.02 Å². The Kier molecular flexibility index (Phi) is 16.2. The molecule has 13 nitrogen and oxygen atoms in total. The average Bonchev–Trinajstić information content (AvgIpc) is 4.14. The molecular weight excluding hydrogens is 859 g/mol. The van der Waals surface area contributed by atoms with E-state index < -0.39 is 17.7 Å². The standard InChI is InChI=1S/C37H40ClN7O3.C14H18FNO2/c1-4-19-45(36(46)34(43-37(47)48-3)28-8-5-6-9-29(28)38)23-33-39-21-30(41-33)26-15-11-24(12-16-26)25-13-17-27(18-14-25)31-22-40-35(42-31)32-10-7-20-44(32)2;1-14(18-15)7-9-16(10-8-14)13(11-17)12-5-3-2-4-6-12/h5-6,8-9,11-18,21-22,32,34H,4,7,10,19-20,23H2,1-3H3,(H,39,41)(H,40,42)(H,43,47);2-6,11,13H,7-10H2,1H3/t32-,34+;13-/m00/s1. The predicted molar refractivity (Wildman–Crippen MR) is 254 cm³/mol. The molecule has 15 heteroatoms. The lowest BCUT2D eigenvalue weighted by atomic mass is 9.92. The zero-order valence-corrected chi connectivity index (χ0v) is 38.6. The molecule has 4 heterocycles. The summed E-state index contributed by atoms with van der Waals surface area (Å²) in [4.78, 5) is 63.5. The minimum absolute atomic E-state index is 0.232. The molecule has 8 rings (SSSR count). The van der Waals surface area contributed by atoms with E-state index in [0.29, 0.717) is 54.9 Å². The largest absolute Gasteiger partial charge is 0.453 e. The van der Waals surface area contributed by atoms with Crippen LogP contribution in [0.4, 0.5) is 9.32 Å². The number of imidazole rings is 2. The summed E-state index contributed by atoms with van der Waals surface area (Å²) in [7, 11) is 3.41. The molecule has 3 atom stereocenters. The van der Waals surface area contributed by atoms with Gasteiger partial charge in [0, 0.05) is 30.2 Å². The van der Waals surface area contributed by atoms with E-state index >= 15 is 0 Å². The third-order valence-electron chi connectivity index (χ3n) is 12.5. The van der Waals surface area contributed by atoms with Gasteiger partial charge in [-0.1, -0.05) is 116 Å². The number of hydrogen-bond acceptors (Lipinski definition) is 9. The van der Waals surface area contributed by atoms with Gasteiger partial charge >= 0.3 is 6.09 Å². The van der Waals surface area contributed by atoms with Crippen molar-refractivity contribution in [1.82, 2.24) is 40.0 Å². The number of rotatable bonds is 15. The maximum atomic E-state index is 13.8. The molecule has 2 aliphatic heterocycles. The molecule has 2 aromatic heterocycles. The fraction of sp³-hybridized carbons (Fsp3) is 0.353. The Hall–Kier alpha value is -6.19. The molecule has 2 fully saturated rings. The highest BCUT2D eigenvalue weighted by Gasteiger charge is 2.35. The van der Waals surface area contributed by atoms with Gasteiger partial charge in [-0.3, -0.25) is 14.6 Å². The smallest absolute Gasteiger partial charge is 0.407 e. The number of nitrogens with zero attached hydrogens (tertiary/aromatic N) is 5. The summed E-state index contributed by atoms with van der Waals surface area (Å²) in [6.45, 7) is 6.89. The minimum atomic E-state index is -1.01. The molecule has 6 aromatic rings. The monoisotopic (exact) mass is 916 g/mol. The molecule has 0 radical (unpaired) electrons. The maximum Gasteiger partial charge on any atom is 0.407 e. The van der Waals surface area contributed by atoms with Crippen LogP contribution in [-0.4, -0.2) is 98.9 Å². The molecule has 346 valence electrons. The number of methoxy groups -OCH3 is 1. The Balaban J connectivity index is 0.000000301. The lowest BCUT2D eigenvalue weighted by Gasteiger charge is -2.38. The highest BCUT2D eigenvalue weighted by Crippen LogP contribution is 2.33. The second-order valence-electron chi connectivity index (χ2n) is 17.1. The number of H-pyrrole nitrogens is 2. The first-order valence-corrected chi connectivity index (χ1v) is 22.8. The van der Waals surface area contributed by atoms with Crippen molar-refractivity contribution in [2.75, 3.05) is 40.3 Å². The summed E-state index contributed by atoms with van der Waals surface area (Å²) in [5, 5.41) is 3.03. The number of aromatic nitrogens is 4. The quantitative estimate of drug-likeness (QED) is 0.0856. The van der Waals surface area contributed by atoms with E-state index in [0.717, 1.165) is 70.7 Å². The van der Waals surface area contributed by atoms with Gasteiger partial charge in [-0.15, -0.1) is 0 Å². The average molecular weight is 918 g/mol. The summed E-state index contributed by atoms with van der Waals surface area (Å²) in [6, 6.07) is 32.5. The van der Waals surface area contributed by atoms with Gasteiger partial charge in [0.1, 0.15) is 29.6 Å². The normalized spacial score (nSPS) is 17.0. The van der Waals surface area contributed by atoms with Gasteiger partial charge in [0.2, 0.25) is 5.91 Å². The van der Waals surface area contributed by atoms with Crippen LogP contribution in [0, 0.1) is 0 Å². The number of amides is 2. The molecule has 66 heavy (non-hydrogen) atoms. The zero-order chi connectivity index (χ0) is 46.6. The van der Waals surface area contributed by atoms with Crippen molar-refractivity contribution in [3.05, 3.63) is 143 Å². The fourth-order valence-electron chi connectivity index (χ4n) is 8.62. The van der Waals surface area contributed by atoms with E-state index in [1.807, 2.05) is 43.5 Å². The molecule has 0 saturated carbocycles. The third-order valence-corrected chi connectivity index (χ3v) is 12.9. The molecular formula is C51H58ClFN8O5. The molecule has 2 saturated heterocycles. The Morgan fingerprint density at radius 1 is 0.894 bits per heavy atom. The van der Waals surface area contributed by atoms with Crippen LogP contribution in [-0.2, 0) is 25.8 Å². The topological polar surface area (TPSA) is 149 Å². The van der Waals surface area contributed by atoms with Gasteiger partial charge < -0.3 is 29.7 Å². The predicted octanol–water partition coefficient (Wildman–Crippen LogP) is 10.1. The first-order chi connectivity index (χ1) is 32.0. The number of alkyl carbamates (subject to hydrolysis) is 1. The Morgan fingerprint density at radius 3 is 2.08 bits per heavy atom. The lowest BCUT2D eigenvalue weighted by Crippen LogP contribution is -2.44. The van der Waals surface area contributed by atoms with Crippen LogP contribution in [0.25, 0.3) is 33.6 Å². The molecule has 3 N–H and O–H groups in total. The van der Waals surface area contributed by atoms with Crippen molar-refractivity contribution in [2.24, 2.45) is 0 Å². The molecule has 0 spiro atoms. The number of aldehydes is 1. The van der Waals surface area contributed by atoms with Gasteiger partial charge in [-0.2, -0.15) is 4.94 Å². The van der Waals surface area contributed by atoms with Crippen molar-refractivity contribution in [3.63, 3.8) is 0 Å². The third kappa shape index (κ3) is 11.6. The number of aromatic amines is 2. The number of piperidine rings is 1. The summed E-state index contributed by atoms with van der Waals surface area (Å²) in [5.41, 5.74) is 6.96. The second-order valence-corrected chi connectivity index (χ2v) is 17.5. The van der Waals surface area contributed by atoms with Crippen molar-refractivity contribution in [3.8, 4) is 33.6 Å². The Labute approximate surface area is 390 Å². The molecule has 4 aromatic carbocycles. The Bertz CT molecular complexity index is 2510. The van der Waals surface area contributed by atoms with Gasteiger partial charge in [0.25, 0.3) is 0 Å². The van der Waals surface area contributed by atoms with Crippen LogP contribution in [0.3, 0.4) is 0 Å². The summed E-state index contributed by atoms with van der Waals surface area (Å²) in [6.07, 6.45) is 8.19. The van der Waals surface area contributed by atoms with E-state index in [2.05, 4.69) is 95.6 Å². The van der Waals surface area contributed by atoms with Crippen LogP contribution >= 0.6 is 11.6 Å². The fourth-order valence-corrected chi connectivity index (χ4v) is 8.86. The van der Waals surface area contributed by atoms with Crippen LogP contribution in [0.1, 0.15) is 86.9 Å². The summed E-state index contributed by atoms with van der Waals surface area (Å²) < 4.78 is 17.2. The van der Waals surface area contributed by atoms with Gasteiger partial charge in [0.15, 0.2) is 0 Å². The number of nitrogens with one attached hydrogen (secondary N) is 3. The number of carbonyl (C=O) groups is 3. The molecule has 0 unspecified atom stereocenters. The number of benzene rings is 4. The number of likely N-dealkylation sites (tertiary alicyclic amines) is 2. The number of carbonyl (C=O) groups excluding carboxylic acids is 3. The number of hydrogen-bond donors (Lipinski definition) is 3. The lowest BCUT2D eigenvalue weighted by molar-refractivity contribution is -0.244. The summed E-state index contributed by atoms with van der Waals surface area (Å²) in [5.74, 6) is 1.36. The van der Waals surface area contributed by atoms with Crippen LogP contribution in [0.5, 0.6) is 0 Å². The summed E-state index contributed by atoms with van der Waals surface area (Å²) >= 11 is 6.42. The van der Waals surface area contributed by atoms with Crippen molar-refractivity contribution in [2.45, 2.75) is 76.2 Å². The first-order valence-electron chi connectivity index (χ1n) is 22.4. The minimum Gasteiger partial charge on any atom is -0.453 e. The van der Waals surface area contributed by atoms with E-state index in [4.69, 9.17) is 16.3 Å². The highest BCUT2D eigenvalue weighted by atomic mass is 35.5. The van der Waals surface area contributed by atoms with Gasteiger partial charge in [0.05, 0.1) is 49.5 Å². The maximum absolute atomic E-state index is 13.8. The molecule has 0 bridgehead atoms. The molecule has 2 amide bonds. The number of ether oxygens (including phenoxy) is 1. The Morgan fingerprint density at radius 2 is 1.50 bits per heavy atom. The SMILES string of the molecule is CC1(OF)CCN([C@@H](C=O)c2ccccc2)CC1.CCCN(Cc1ncc(-c2ccc(-c3ccc(-c4cnc([C@@H]5CCCN5C)[nH]4)cc3)cc2)[nH]1)C(=O)[C@H](NC(=O)OC)c1ccccc1Cl. The van der Waals surface area contributed by atoms with E-state index in [1.54, 1.807) is 42.3 Å². The van der Waals surface area contributed by atoms with Gasteiger partial charge in [-0.25, -0.2) is 14.8 Å². The van der Waals surface area contributed by atoms with E-state index in [9.17, 15) is 18.9 Å². The number of halogens is 2. The van der Waals surface area contributed by atoms with Crippen molar-refractivity contribution < 1.29 is 28.6 Å². The van der Waals surface area contributed by atoms with E-state index in [1.165, 1.54) is 13.5 Å². The van der Waals surface area contributed by atoms with Crippen molar-refractivity contribution >= 4 is 29.9 Å². The van der Waals surface area contributed by atoms with E-state index in [-0.39, 0.29) is 18.5 Å². The molecule has 0 aliphatic carbocycles. The van der Waals surface area contributed by atoms with Crippen molar-refractivity contribution in [1.29, 1.82) is 0 Å². The van der Waals surface area contributed by atoms with Crippen LogP contribution < -0.4 is 5.32 Å².